The van der Waals surface area contributed by atoms with E-state index in [0.717, 1.165) is 12.4 Å². The Morgan fingerprint density at radius 2 is 2.12 bits per heavy atom. The van der Waals surface area contributed by atoms with Gasteiger partial charge in [-0.1, -0.05) is 13.8 Å². The van der Waals surface area contributed by atoms with Gasteiger partial charge in [-0.15, -0.1) is 0 Å². The average Bonchev–Trinajstić information content (AvgIpc) is 2.26. The second-order valence-corrected chi connectivity index (χ2v) is 4.26. The van der Waals surface area contributed by atoms with Crippen molar-refractivity contribution in [2.45, 2.75) is 20.8 Å². The van der Waals surface area contributed by atoms with Crippen LogP contribution in [0.5, 0.6) is 5.88 Å². The number of nitrogens with one attached hydrogen (secondary N) is 1. The molecule has 0 aliphatic carbocycles. The Morgan fingerprint density at radius 3 is 2.76 bits per heavy atom. The molecule has 0 atom stereocenters. The van der Waals surface area contributed by atoms with Gasteiger partial charge in [0, 0.05) is 19.7 Å². The van der Waals surface area contributed by atoms with Crippen LogP contribution < -0.4 is 10.1 Å². The number of aryl methyl sites for hydroxylation is 1. The maximum atomic E-state index is 5.57. The highest BCUT2D eigenvalue weighted by atomic mass is 16.5. The van der Waals surface area contributed by atoms with Crippen molar-refractivity contribution in [3.63, 3.8) is 0 Å². The minimum atomic E-state index is 0.482. The Bertz CT molecular complexity index is 343. The Balaban J connectivity index is 2.59. The SMILES string of the molecule is COCCNc1cc(OCC(C)C)nc(C)n1. The summed E-state index contributed by atoms with van der Waals surface area (Å²) in [5.74, 6) is 2.57. The van der Waals surface area contributed by atoms with Crippen LogP contribution >= 0.6 is 0 Å². The lowest BCUT2D eigenvalue weighted by molar-refractivity contribution is 0.210. The number of nitrogens with zero attached hydrogens (tertiary/aromatic N) is 2. The highest BCUT2D eigenvalue weighted by Gasteiger charge is 2.03. The van der Waals surface area contributed by atoms with Crippen molar-refractivity contribution in [3.05, 3.63) is 11.9 Å². The Hall–Kier alpha value is -1.36. The van der Waals surface area contributed by atoms with E-state index in [-0.39, 0.29) is 0 Å². The fraction of sp³-hybridized carbons (Fsp3) is 0.667. The molecule has 0 aliphatic heterocycles. The molecule has 0 fully saturated rings. The number of hydrogen-bond donors (Lipinski definition) is 1. The summed E-state index contributed by atoms with van der Waals surface area (Å²) >= 11 is 0. The first-order valence-electron chi connectivity index (χ1n) is 5.83. The van der Waals surface area contributed by atoms with Gasteiger partial charge in [-0.05, 0) is 12.8 Å². The van der Waals surface area contributed by atoms with Crippen LogP contribution in [-0.4, -0.2) is 36.8 Å². The van der Waals surface area contributed by atoms with Crippen LogP contribution in [0, 0.1) is 12.8 Å². The molecule has 17 heavy (non-hydrogen) atoms. The first-order valence-corrected chi connectivity index (χ1v) is 5.83. The predicted octanol–water partition coefficient (Wildman–Crippen LogP) is 1.88. The maximum absolute atomic E-state index is 5.57. The van der Waals surface area contributed by atoms with Crippen molar-refractivity contribution >= 4 is 5.82 Å². The highest BCUT2D eigenvalue weighted by molar-refractivity contribution is 5.38. The summed E-state index contributed by atoms with van der Waals surface area (Å²) in [6, 6.07) is 1.81. The molecular weight excluding hydrogens is 218 g/mol. The Labute approximate surface area is 103 Å². The van der Waals surface area contributed by atoms with Gasteiger partial charge >= 0.3 is 0 Å². The quantitative estimate of drug-likeness (QED) is 0.736. The van der Waals surface area contributed by atoms with Crippen LogP contribution in [0.3, 0.4) is 0 Å². The van der Waals surface area contributed by atoms with Gasteiger partial charge in [-0.25, -0.2) is 4.98 Å². The third kappa shape index (κ3) is 5.49. The number of hydrogen-bond acceptors (Lipinski definition) is 5. The van der Waals surface area contributed by atoms with Crippen LogP contribution in [0.25, 0.3) is 0 Å². The molecule has 96 valence electrons. The number of aromatic nitrogens is 2. The van der Waals surface area contributed by atoms with Crippen LogP contribution in [0.4, 0.5) is 5.82 Å². The summed E-state index contributed by atoms with van der Waals surface area (Å²) < 4.78 is 10.5. The van der Waals surface area contributed by atoms with E-state index in [1.807, 2.05) is 13.0 Å². The molecule has 5 heteroatoms. The van der Waals surface area contributed by atoms with Crippen molar-refractivity contribution in [2.24, 2.45) is 5.92 Å². The predicted molar refractivity (Wildman–Crippen MR) is 67.5 cm³/mol. The molecule has 0 aromatic carbocycles. The summed E-state index contributed by atoms with van der Waals surface area (Å²) in [5.41, 5.74) is 0. The number of rotatable bonds is 7. The Kier molecular flexibility index (Phi) is 5.69. The zero-order valence-electron chi connectivity index (χ0n) is 11.0. The second-order valence-electron chi connectivity index (χ2n) is 4.26. The first-order chi connectivity index (χ1) is 8.11. The molecule has 0 aliphatic rings. The molecule has 1 N–H and O–H groups in total. The van der Waals surface area contributed by atoms with Crippen molar-refractivity contribution in [2.75, 3.05) is 32.2 Å². The van der Waals surface area contributed by atoms with Crippen LogP contribution in [0.2, 0.25) is 0 Å². The topological polar surface area (TPSA) is 56.3 Å². The highest BCUT2D eigenvalue weighted by Crippen LogP contribution is 2.13. The molecule has 0 bridgehead atoms. The number of methoxy groups -OCH3 is 1. The van der Waals surface area contributed by atoms with Gasteiger partial charge in [0.25, 0.3) is 0 Å². The lowest BCUT2D eigenvalue weighted by Crippen LogP contribution is -2.11. The summed E-state index contributed by atoms with van der Waals surface area (Å²) in [6.45, 7) is 8.08. The van der Waals surface area contributed by atoms with Crippen LogP contribution in [-0.2, 0) is 4.74 Å². The van der Waals surface area contributed by atoms with E-state index >= 15 is 0 Å². The normalized spacial score (nSPS) is 10.6. The average molecular weight is 239 g/mol. The van der Waals surface area contributed by atoms with E-state index in [2.05, 4.69) is 29.1 Å². The third-order valence-corrected chi connectivity index (χ3v) is 1.99. The molecule has 0 saturated heterocycles. The molecule has 1 aromatic heterocycles. The van der Waals surface area contributed by atoms with Crippen molar-refractivity contribution in [1.29, 1.82) is 0 Å². The standard InChI is InChI=1S/C12H21N3O2/c1-9(2)8-17-12-7-11(13-5-6-16-4)14-10(3)15-12/h7,9H,5-6,8H2,1-4H3,(H,13,14,15). The van der Waals surface area contributed by atoms with Gasteiger partial charge in [0.05, 0.1) is 13.2 Å². The van der Waals surface area contributed by atoms with Crippen LogP contribution in [0.1, 0.15) is 19.7 Å². The second kappa shape index (κ2) is 7.06. The van der Waals surface area contributed by atoms with E-state index in [1.54, 1.807) is 7.11 Å². The maximum Gasteiger partial charge on any atom is 0.218 e. The molecule has 0 amide bonds. The smallest absolute Gasteiger partial charge is 0.218 e. The fourth-order valence-corrected chi connectivity index (χ4v) is 1.24. The molecule has 1 rings (SSSR count). The molecule has 0 saturated carbocycles. The van der Waals surface area contributed by atoms with E-state index in [1.165, 1.54) is 0 Å². The molecule has 0 radical (unpaired) electrons. The summed E-state index contributed by atoms with van der Waals surface area (Å²) in [4.78, 5) is 8.50. The first kappa shape index (κ1) is 13.7. The zero-order valence-corrected chi connectivity index (χ0v) is 11.0. The van der Waals surface area contributed by atoms with Gasteiger partial charge in [0.1, 0.15) is 11.6 Å². The molecule has 0 spiro atoms. The molecular formula is C12H21N3O2. The number of ether oxygens (including phenoxy) is 2. The van der Waals surface area contributed by atoms with Crippen molar-refractivity contribution < 1.29 is 9.47 Å². The summed E-state index contributed by atoms with van der Waals surface area (Å²) in [7, 11) is 1.67. The minimum absolute atomic E-state index is 0.482. The minimum Gasteiger partial charge on any atom is -0.477 e. The lowest BCUT2D eigenvalue weighted by Gasteiger charge is -2.10. The zero-order chi connectivity index (χ0) is 12.7. The van der Waals surface area contributed by atoms with Crippen molar-refractivity contribution in [1.82, 2.24) is 9.97 Å². The fourth-order valence-electron chi connectivity index (χ4n) is 1.24. The van der Waals surface area contributed by atoms with Crippen LogP contribution in [0.15, 0.2) is 6.07 Å². The number of anilines is 1. The summed E-state index contributed by atoms with van der Waals surface area (Å²) in [5, 5.41) is 3.16. The van der Waals surface area contributed by atoms with Gasteiger partial charge in [0.15, 0.2) is 0 Å². The monoisotopic (exact) mass is 239 g/mol. The molecule has 1 aromatic rings. The van der Waals surface area contributed by atoms with E-state index in [0.29, 0.717) is 30.8 Å². The molecule has 0 unspecified atom stereocenters. The van der Waals surface area contributed by atoms with E-state index in [9.17, 15) is 0 Å². The van der Waals surface area contributed by atoms with Gasteiger partial charge in [0.2, 0.25) is 5.88 Å². The van der Waals surface area contributed by atoms with E-state index < -0.39 is 0 Å². The lowest BCUT2D eigenvalue weighted by atomic mass is 10.2. The van der Waals surface area contributed by atoms with Gasteiger partial charge in [-0.2, -0.15) is 4.98 Å². The van der Waals surface area contributed by atoms with E-state index in [4.69, 9.17) is 9.47 Å². The van der Waals surface area contributed by atoms with Gasteiger partial charge in [-0.3, -0.25) is 0 Å². The molecule has 5 nitrogen and oxygen atoms in total. The largest absolute Gasteiger partial charge is 0.477 e. The molecule has 1 heterocycles. The Morgan fingerprint density at radius 1 is 1.35 bits per heavy atom. The summed E-state index contributed by atoms with van der Waals surface area (Å²) in [6.07, 6.45) is 0. The van der Waals surface area contributed by atoms with Gasteiger partial charge < -0.3 is 14.8 Å². The third-order valence-electron chi connectivity index (χ3n) is 1.99. The van der Waals surface area contributed by atoms with Crippen molar-refractivity contribution in [3.8, 4) is 5.88 Å².